The highest BCUT2D eigenvalue weighted by atomic mass is 79.9. The molecule has 1 aromatic heterocycles. The lowest BCUT2D eigenvalue weighted by atomic mass is 10.2. The average molecular weight is 314 g/mol. The molecule has 1 N–H and O–H groups in total. The van der Waals surface area contributed by atoms with E-state index in [4.69, 9.17) is 0 Å². The fraction of sp³-hybridized carbons (Fsp3) is 0.333. The summed E-state index contributed by atoms with van der Waals surface area (Å²) in [5.74, 6) is -0.969. The average Bonchev–Trinajstić information content (AvgIpc) is 2.19. The summed E-state index contributed by atoms with van der Waals surface area (Å²) >= 11 is 2.64. The van der Waals surface area contributed by atoms with Crippen LogP contribution in [-0.4, -0.2) is 17.6 Å². The number of nitrogens with one attached hydrogen (secondary N) is 1. The number of rotatable bonds is 2. The van der Waals surface area contributed by atoms with E-state index in [0.29, 0.717) is 0 Å². The van der Waals surface area contributed by atoms with Crippen molar-refractivity contribution < 1.29 is 22.7 Å². The van der Waals surface area contributed by atoms with Gasteiger partial charge in [0.05, 0.1) is 6.61 Å². The molecule has 0 bridgehead atoms. The van der Waals surface area contributed by atoms with Crippen LogP contribution in [0.4, 0.5) is 13.2 Å². The standard InChI is InChI=1S/C9H7BrF3NO3/c1-2-17-8(16)4-3-5(10)6(9(11,12)13)14-7(4)15/h3H,2H2,1H3,(H,14,15). The maximum absolute atomic E-state index is 12.4. The van der Waals surface area contributed by atoms with Crippen LogP contribution < -0.4 is 5.56 Å². The fourth-order valence-corrected chi connectivity index (χ4v) is 1.62. The molecule has 0 unspecified atom stereocenters. The maximum atomic E-state index is 12.4. The van der Waals surface area contributed by atoms with Crippen LogP contribution in [0.5, 0.6) is 0 Å². The van der Waals surface area contributed by atoms with Crippen molar-refractivity contribution in [2.24, 2.45) is 0 Å². The van der Waals surface area contributed by atoms with Gasteiger partial charge in [0.15, 0.2) is 0 Å². The smallest absolute Gasteiger partial charge is 0.432 e. The first kappa shape index (κ1) is 13.8. The van der Waals surface area contributed by atoms with E-state index in [1.165, 1.54) is 6.92 Å². The van der Waals surface area contributed by atoms with Crippen LogP contribution in [0, 0.1) is 0 Å². The van der Waals surface area contributed by atoms with E-state index in [1.807, 2.05) is 0 Å². The number of carbonyl (C=O) groups is 1. The van der Waals surface area contributed by atoms with Crippen molar-refractivity contribution in [1.82, 2.24) is 4.98 Å². The number of aromatic nitrogens is 1. The Labute approximate surface area is 102 Å². The Bertz CT molecular complexity index is 495. The molecule has 0 aliphatic carbocycles. The Kier molecular flexibility index (Phi) is 3.97. The molecule has 0 spiro atoms. The van der Waals surface area contributed by atoms with Gasteiger partial charge in [-0.1, -0.05) is 0 Å². The molecule has 0 amide bonds. The lowest BCUT2D eigenvalue weighted by molar-refractivity contribution is -0.142. The van der Waals surface area contributed by atoms with Gasteiger partial charge in [0, 0.05) is 4.47 Å². The summed E-state index contributed by atoms with van der Waals surface area (Å²) < 4.78 is 41.3. The Morgan fingerprint density at radius 1 is 1.53 bits per heavy atom. The highest BCUT2D eigenvalue weighted by Crippen LogP contribution is 2.32. The third kappa shape index (κ3) is 3.09. The first-order valence-corrected chi connectivity index (χ1v) is 5.23. The van der Waals surface area contributed by atoms with Crippen molar-refractivity contribution in [1.29, 1.82) is 0 Å². The number of H-pyrrole nitrogens is 1. The Hall–Kier alpha value is -1.31. The molecule has 0 radical (unpaired) electrons. The van der Waals surface area contributed by atoms with E-state index in [0.717, 1.165) is 6.07 Å². The SMILES string of the molecule is CCOC(=O)c1cc(Br)c(C(F)(F)F)[nH]c1=O. The van der Waals surface area contributed by atoms with Crippen LogP contribution in [0.3, 0.4) is 0 Å². The van der Waals surface area contributed by atoms with Gasteiger partial charge in [-0.05, 0) is 28.9 Å². The minimum Gasteiger partial charge on any atom is -0.462 e. The van der Waals surface area contributed by atoms with Gasteiger partial charge in [-0.3, -0.25) is 4.79 Å². The van der Waals surface area contributed by atoms with Crippen molar-refractivity contribution >= 4 is 21.9 Å². The largest absolute Gasteiger partial charge is 0.462 e. The van der Waals surface area contributed by atoms with Crippen LogP contribution in [0.2, 0.25) is 0 Å². The summed E-state index contributed by atoms with van der Waals surface area (Å²) in [6.45, 7) is 1.54. The zero-order valence-corrected chi connectivity index (χ0v) is 10.1. The number of ether oxygens (including phenoxy) is 1. The van der Waals surface area contributed by atoms with Crippen molar-refractivity contribution in [3.05, 3.63) is 32.2 Å². The molecule has 0 aliphatic heterocycles. The minimum atomic E-state index is -4.70. The van der Waals surface area contributed by atoms with Gasteiger partial charge < -0.3 is 9.72 Å². The summed E-state index contributed by atoms with van der Waals surface area (Å²) in [7, 11) is 0. The van der Waals surface area contributed by atoms with Crippen LogP contribution in [-0.2, 0) is 10.9 Å². The molecule has 8 heteroatoms. The van der Waals surface area contributed by atoms with Crippen molar-refractivity contribution in [3.63, 3.8) is 0 Å². The molecule has 0 aromatic carbocycles. The van der Waals surface area contributed by atoms with Gasteiger partial charge in [0.25, 0.3) is 5.56 Å². The number of carbonyl (C=O) groups excluding carboxylic acids is 1. The summed E-state index contributed by atoms with van der Waals surface area (Å²) in [5.41, 5.74) is -2.86. The number of halogens is 4. The van der Waals surface area contributed by atoms with Gasteiger partial charge in [-0.25, -0.2) is 4.79 Å². The quantitative estimate of drug-likeness (QED) is 0.853. The Morgan fingerprint density at radius 3 is 2.59 bits per heavy atom. The molecular weight excluding hydrogens is 307 g/mol. The summed E-state index contributed by atoms with van der Waals surface area (Å²) in [4.78, 5) is 24.1. The molecule has 1 aromatic rings. The predicted molar refractivity (Wildman–Crippen MR) is 55.7 cm³/mol. The molecule has 17 heavy (non-hydrogen) atoms. The topological polar surface area (TPSA) is 59.2 Å². The molecular formula is C9H7BrF3NO3. The second-order valence-electron chi connectivity index (χ2n) is 2.95. The summed E-state index contributed by atoms with van der Waals surface area (Å²) in [6.07, 6.45) is -4.70. The highest BCUT2D eigenvalue weighted by molar-refractivity contribution is 9.10. The van der Waals surface area contributed by atoms with E-state index >= 15 is 0 Å². The molecule has 0 saturated carbocycles. The first-order chi connectivity index (χ1) is 7.77. The van der Waals surface area contributed by atoms with E-state index < -0.39 is 33.4 Å². The van der Waals surface area contributed by atoms with Crippen LogP contribution in [0.25, 0.3) is 0 Å². The minimum absolute atomic E-state index is 0.0247. The number of esters is 1. The van der Waals surface area contributed by atoms with Gasteiger partial charge in [-0.2, -0.15) is 13.2 Å². The van der Waals surface area contributed by atoms with Gasteiger partial charge >= 0.3 is 12.1 Å². The Morgan fingerprint density at radius 2 is 2.12 bits per heavy atom. The molecule has 1 heterocycles. The molecule has 94 valence electrons. The zero-order valence-electron chi connectivity index (χ0n) is 8.52. The van der Waals surface area contributed by atoms with E-state index in [1.54, 1.807) is 4.98 Å². The number of hydrogen-bond acceptors (Lipinski definition) is 3. The fourth-order valence-electron chi connectivity index (χ4n) is 1.07. The lowest BCUT2D eigenvalue weighted by Crippen LogP contribution is -2.24. The second kappa shape index (κ2) is 4.91. The van der Waals surface area contributed by atoms with Crippen LogP contribution in [0.15, 0.2) is 15.3 Å². The third-order valence-electron chi connectivity index (χ3n) is 1.77. The lowest BCUT2D eigenvalue weighted by Gasteiger charge is -2.09. The normalized spacial score (nSPS) is 11.4. The van der Waals surface area contributed by atoms with Gasteiger partial charge in [0.2, 0.25) is 0 Å². The number of aromatic amines is 1. The second-order valence-corrected chi connectivity index (χ2v) is 3.81. The molecule has 0 aliphatic rings. The number of hydrogen-bond donors (Lipinski definition) is 1. The van der Waals surface area contributed by atoms with E-state index in [9.17, 15) is 22.8 Å². The molecule has 0 saturated heterocycles. The first-order valence-electron chi connectivity index (χ1n) is 4.44. The van der Waals surface area contributed by atoms with Crippen molar-refractivity contribution in [2.75, 3.05) is 6.61 Å². The summed E-state index contributed by atoms with van der Waals surface area (Å²) in [6, 6.07) is 0.791. The molecule has 1 rings (SSSR count). The van der Waals surface area contributed by atoms with Crippen LogP contribution in [0.1, 0.15) is 23.0 Å². The molecule has 4 nitrogen and oxygen atoms in total. The third-order valence-corrected chi connectivity index (χ3v) is 2.40. The van der Waals surface area contributed by atoms with Crippen LogP contribution >= 0.6 is 15.9 Å². The zero-order chi connectivity index (χ0) is 13.2. The van der Waals surface area contributed by atoms with E-state index in [-0.39, 0.29) is 6.61 Å². The van der Waals surface area contributed by atoms with Crippen molar-refractivity contribution in [2.45, 2.75) is 13.1 Å². The highest BCUT2D eigenvalue weighted by Gasteiger charge is 2.35. The number of pyridine rings is 1. The van der Waals surface area contributed by atoms with Crippen molar-refractivity contribution in [3.8, 4) is 0 Å². The maximum Gasteiger partial charge on any atom is 0.432 e. The monoisotopic (exact) mass is 313 g/mol. The van der Waals surface area contributed by atoms with E-state index in [2.05, 4.69) is 20.7 Å². The van der Waals surface area contributed by atoms with Gasteiger partial charge in [-0.15, -0.1) is 0 Å². The Balaban J connectivity index is 3.29. The predicted octanol–water partition coefficient (Wildman–Crippen LogP) is 2.33. The molecule has 0 atom stereocenters. The summed E-state index contributed by atoms with van der Waals surface area (Å²) in [5, 5.41) is 0. The van der Waals surface area contributed by atoms with Gasteiger partial charge in [0.1, 0.15) is 11.3 Å². The molecule has 0 fully saturated rings. The number of alkyl halides is 3.